The molecule has 0 heterocycles. The molecule has 0 aliphatic carbocycles. The standard InChI is InChI=1S/C9H11ClO2S/c1-7-3-4-8(9(10)5-7)6-13(2,11)12/h3-5H,6H2,1-2H3. The van der Waals surface area contributed by atoms with Gasteiger partial charge < -0.3 is 0 Å². The smallest absolute Gasteiger partial charge is 0.151 e. The number of rotatable bonds is 2. The van der Waals surface area contributed by atoms with Crippen molar-refractivity contribution in [2.24, 2.45) is 0 Å². The van der Waals surface area contributed by atoms with Gasteiger partial charge in [-0.25, -0.2) is 8.42 Å². The fourth-order valence-electron chi connectivity index (χ4n) is 1.05. The van der Waals surface area contributed by atoms with Gasteiger partial charge in [0, 0.05) is 11.3 Å². The van der Waals surface area contributed by atoms with E-state index in [2.05, 4.69) is 0 Å². The summed E-state index contributed by atoms with van der Waals surface area (Å²) in [5, 5.41) is 0.519. The molecule has 0 saturated carbocycles. The van der Waals surface area contributed by atoms with E-state index in [1.807, 2.05) is 13.0 Å². The Morgan fingerprint density at radius 1 is 1.38 bits per heavy atom. The van der Waals surface area contributed by atoms with Crippen LogP contribution in [0, 0.1) is 6.92 Å². The lowest BCUT2D eigenvalue weighted by atomic mass is 10.2. The lowest BCUT2D eigenvalue weighted by molar-refractivity contribution is 0.601. The Morgan fingerprint density at radius 3 is 2.46 bits per heavy atom. The molecule has 0 amide bonds. The van der Waals surface area contributed by atoms with Gasteiger partial charge >= 0.3 is 0 Å². The summed E-state index contributed by atoms with van der Waals surface area (Å²) in [6.45, 7) is 1.91. The lowest BCUT2D eigenvalue weighted by Gasteiger charge is -2.03. The number of halogens is 1. The van der Waals surface area contributed by atoms with Gasteiger partial charge in [0.1, 0.15) is 0 Å². The van der Waals surface area contributed by atoms with Gasteiger partial charge in [-0.2, -0.15) is 0 Å². The van der Waals surface area contributed by atoms with Crippen molar-refractivity contribution in [2.75, 3.05) is 6.26 Å². The van der Waals surface area contributed by atoms with Crippen LogP contribution in [0.2, 0.25) is 5.02 Å². The zero-order valence-corrected chi connectivity index (χ0v) is 9.11. The normalized spacial score (nSPS) is 11.6. The Labute approximate surface area is 83.5 Å². The Bertz CT molecular complexity index is 410. The predicted octanol–water partition coefficient (Wildman–Crippen LogP) is 2.19. The third kappa shape index (κ3) is 3.36. The highest BCUT2D eigenvalue weighted by molar-refractivity contribution is 7.89. The van der Waals surface area contributed by atoms with E-state index in [4.69, 9.17) is 11.6 Å². The summed E-state index contributed by atoms with van der Waals surface area (Å²) in [5.74, 6) is 0.00606. The first kappa shape index (κ1) is 10.5. The van der Waals surface area contributed by atoms with Crippen LogP contribution in [-0.4, -0.2) is 14.7 Å². The minimum Gasteiger partial charge on any atom is -0.229 e. The molecule has 0 radical (unpaired) electrons. The van der Waals surface area contributed by atoms with Gasteiger partial charge in [0.25, 0.3) is 0 Å². The zero-order valence-electron chi connectivity index (χ0n) is 7.54. The van der Waals surface area contributed by atoms with Crippen LogP contribution in [0.5, 0.6) is 0 Å². The van der Waals surface area contributed by atoms with Crippen molar-refractivity contribution < 1.29 is 8.42 Å². The molecule has 13 heavy (non-hydrogen) atoms. The monoisotopic (exact) mass is 218 g/mol. The molecule has 2 nitrogen and oxygen atoms in total. The summed E-state index contributed by atoms with van der Waals surface area (Å²) in [6, 6.07) is 5.37. The molecule has 0 atom stereocenters. The van der Waals surface area contributed by atoms with Crippen LogP contribution in [0.4, 0.5) is 0 Å². The minimum atomic E-state index is -3.00. The second-order valence-electron chi connectivity index (χ2n) is 3.16. The fourth-order valence-corrected chi connectivity index (χ4v) is 2.25. The van der Waals surface area contributed by atoms with E-state index in [1.54, 1.807) is 12.1 Å². The maximum atomic E-state index is 11.0. The van der Waals surface area contributed by atoms with Gasteiger partial charge in [-0.15, -0.1) is 0 Å². The number of hydrogen-bond donors (Lipinski definition) is 0. The van der Waals surface area contributed by atoms with E-state index in [9.17, 15) is 8.42 Å². The Morgan fingerprint density at radius 2 is 2.00 bits per heavy atom. The van der Waals surface area contributed by atoms with Gasteiger partial charge in [-0.05, 0) is 24.1 Å². The maximum absolute atomic E-state index is 11.0. The highest BCUT2D eigenvalue weighted by atomic mass is 35.5. The molecule has 72 valence electrons. The first-order valence-electron chi connectivity index (χ1n) is 3.81. The molecule has 1 aromatic carbocycles. The predicted molar refractivity (Wildman–Crippen MR) is 54.7 cm³/mol. The molecule has 1 aromatic rings. The minimum absolute atomic E-state index is 0.00606. The Kier molecular flexibility index (Phi) is 2.98. The van der Waals surface area contributed by atoms with Gasteiger partial charge in [-0.3, -0.25) is 0 Å². The topological polar surface area (TPSA) is 34.1 Å². The molecule has 0 unspecified atom stereocenters. The van der Waals surface area contributed by atoms with Crippen LogP contribution in [0.1, 0.15) is 11.1 Å². The zero-order chi connectivity index (χ0) is 10.1. The van der Waals surface area contributed by atoms with Crippen LogP contribution in [0.15, 0.2) is 18.2 Å². The second kappa shape index (κ2) is 3.68. The average molecular weight is 219 g/mol. The van der Waals surface area contributed by atoms with Gasteiger partial charge in [0.15, 0.2) is 9.84 Å². The van der Waals surface area contributed by atoms with E-state index in [-0.39, 0.29) is 5.75 Å². The summed E-state index contributed by atoms with van der Waals surface area (Å²) in [5.41, 5.74) is 1.69. The van der Waals surface area contributed by atoms with Crippen molar-refractivity contribution in [3.63, 3.8) is 0 Å². The van der Waals surface area contributed by atoms with Crippen molar-refractivity contribution in [1.29, 1.82) is 0 Å². The summed E-state index contributed by atoms with van der Waals surface area (Å²) in [4.78, 5) is 0. The van der Waals surface area contributed by atoms with Gasteiger partial charge in [0.2, 0.25) is 0 Å². The van der Waals surface area contributed by atoms with E-state index in [0.29, 0.717) is 10.6 Å². The molecule has 0 spiro atoms. The van der Waals surface area contributed by atoms with E-state index < -0.39 is 9.84 Å². The van der Waals surface area contributed by atoms with Gasteiger partial charge in [0.05, 0.1) is 5.75 Å². The molecular weight excluding hydrogens is 208 g/mol. The number of sulfone groups is 1. The van der Waals surface area contributed by atoms with E-state index in [0.717, 1.165) is 5.56 Å². The number of benzene rings is 1. The van der Waals surface area contributed by atoms with E-state index >= 15 is 0 Å². The van der Waals surface area contributed by atoms with Crippen molar-refractivity contribution in [1.82, 2.24) is 0 Å². The first-order chi connectivity index (χ1) is 5.88. The first-order valence-corrected chi connectivity index (χ1v) is 6.25. The lowest BCUT2D eigenvalue weighted by Crippen LogP contribution is -2.01. The van der Waals surface area contributed by atoms with Crippen molar-refractivity contribution in [3.05, 3.63) is 34.3 Å². The molecular formula is C9H11ClO2S. The second-order valence-corrected chi connectivity index (χ2v) is 5.71. The molecule has 0 fully saturated rings. The number of aryl methyl sites for hydroxylation is 1. The van der Waals surface area contributed by atoms with E-state index in [1.165, 1.54) is 6.26 Å². The van der Waals surface area contributed by atoms with Crippen molar-refractivity contribution in [2.45, 2.75) is 12.7 Å². The molecule has 0 bridgehead atoms. The molecule has 0 N–H and O–H groups in total. The summed E-state index contributed by atoms with van der Waals surface area (Å²) < 4.78 is 22.0. The molecule has 0 aromatic heterocycles. The van der Waals surface area contributed by atoms with Gasteiger partial charge in [-0.1, -0.05) is 23.7 Å². The molecule has 4 heteroatoms. The third-order valence-electron chi connectivity index (χ3n) is 1.63. The third-order valence-corrected chi connectivity index (χ3v) is 2.81. The summed E-state index contributed by atoms with van der Waals surface area (Å²) in [6.07, 6.45) is 1.20. The molecule has 0 saturated heterocycles. The summed E-state index contributed by atoms with van der Waals surface area (Å²) in [7, 11) is -3.00. The van der Waals surface area contributed by atoms with Crippen LogP contribution < -0.4 is 0 Å². The molecule has 0 aliphatic heterocycles. The van der Waals surface area contributed by atoms with Crippen molar-refractivity contribution >= 4 is 21.4 Å². The fraction of sp³-hybridized carbons (Fsp3) is 0.333. The molecule has 0 aliphatic rings. The highest BCUT2D eigenvalue weighted by Gasteiger charge is 2.07. The molecule has 1 rings (SSSR count). The SMILES string of the molecule is Cc1ccc(CS(C)(=O)=O)c(Cl)c1. The van der Waals surface area contributed by atoms with Crippen LogP contribution in [0.25, 0.3) is 0 Å². The quantitative estimate of drug-likeness (QED) is 0.763. The van der Waals surface area contributed by atoms with Crippen LogP contribution in [-0.2, 0) is 15.6 Å². The Hall–Kier alpha value is -0.540. The van der Waals surface area contributed by atoms with Crippen LogP contribution in [0.3, 0.4) is 0 Å². The number of hydrogen-bond acceptors (Lipinski definition) is 2. The van der Waals surface area contributed by atoms with Crippen molar-refractivity contribution in [3.8, 4) is 0 Å². The summed E-state index contributed by atoms with van der Waals surface area (Å²) >= 11 is 5.87. The largest absolute Gasteiger partial charge is 0.229 e. The Balaban J connectivity index is 3.04. The van der Waals surface area contributed by atoms with Crippen LogP contribution >= 0.6 is 11.6 Å². The average Bonchev–Trinajstić information content (AvgIpc) is 1.93. The maximum Gasteiger partial charge on any atom is 0.151 e. The highest BCUT2D eigenvalue weighted by Crippen LogP contribution is 2.19.